The topological polar surface area (TPSA) is 20.2 Å². The highest BCUT2D eigenvalue weighted by Gasteiger charge is 2.21. The van der Waals surface area contributed by atoms with E-state index in [2.05, 4.69) is 26.0 Å². The molecule has 0 aliphatic heterocycles. The van der Waals surface area contributed by atoms with Crippen LogP contribution in [0.3, 0.4) is 0 Å². The summed E-state index contributed by atoms with van der Waals surface area (Å²) in [4.78, 5) is 0. The van der Waals surface area contributed by atoms with Crippen molar-refractivity contribution in [3.8, 4) is 0 Å². The van der Waals surface area contributed by atoms with Crippen LogP contribution in [0.15, 0.2) is 12.2 Å². The van der Waals surface area contributed by atoms with Crippen molar-refractivity contribution in [3.05, 3.63) is 12.2 Å². The molecule has 0 amide bonds. The van der Waals surface area contributed by atoms with E-state index in [1.807, 2.05) is 0 Å². The van der Waals surface area contributed by atoms with Crippen LogP contribution >= 0.6 is 0 Å². The van der Waals surface area contributed by atoms with Gasteiger partial charge >= 0.3 is 0 Å². The molecule has 0 radical (unpaired) electrons. The molecule has 0 saturated carbocycles. The van der Waals surface area contributed by atoms with E-state index in [-0.39, 0.29) is 6.10 Å². The highest BCUT2D eigenvalue weighted by Crippen LogP contribution is 2.25. The lowest BCUT2D eigenvalue weighted by molar-refractivity contribution is 0.0601. The molecule has 11 heavy (non-hydrogen) atoms. The molecule has 0 fully saturated rings. The van der Waals surface area contributed by atoms with Crippen LogP contribution in [0, 0.1) is 11.8 Å². The Labute approximate surface area is 69.1 Å². The third kappa shape index (κ3) is 2.33. The number of hydrogen-bond donors (Lipinski definition) is 1. The van der Waals surface area contributed by atoms with E-state index in [0.29, 0.717) is 11.8 Å². The second-order valence-corrected chi connectivity index (χ2v) is 3.78. The van der Waals surface area contributed by atoms with E-state index >= 15 is 0 Å². The fourth-order valence-electron chi connectivity index (χ4n) is 1.67. The Hall–Kier alpha value is -0.300. The maximum atomic E-state index is 9.72. The molecule has 1 heteroatoms. The molecule has 0 aromatic rings. The van der Waals surface area contributed by atoms with Gasteiger partial charge in [-0.2, -0.15) is 0 Å². The van der Waals surface area contributed by atoms with Gasteiger partial charge < -0.3 is 5.11 Å². The highest BCUT2D eigenvalue weighted by atomic mass is 16.3. The Morgan fingerprint density at radius 3 is 2.55 bits per heavy atom. The minimum Gasteiger partial charge on any atom is -0.393 e. The first-order chi connectivity index (χ1) is 5.22. The van der Waals surface area contributed by atoms with E-state index in [4.69, 9.17) is 0 Å². The van der Waals surface area contributed by atoms with Crippen LogP contribution in [-0.2, 0) is 0 Å². The van der Waals surface area contributed by atoms with Gasteiger partial charge in [0.1, 0.15) is 0 Å². The Bertz CT molecular complexity index is 138. The highest BCUT2D eigenvalue weighted by molar-refractivity contribution is 4.92. The van der Waals surface area contributed by atoms with E-state index in [1.54, 1.807) is 0 Å². The lowest BCUT2D eigenvalue weighted by Gasteiger charge is -2.26. The van der Waals surface area contributed by atoms with E-state index in [9.17, 15) is 5.11 Å². The summed E-state index contributed by atoms with van der Waals surface area (Å²) in [7, 11) is 0. The summed E-state index contributed by atoms with van der Waals surface area (Å²) < 4.78 is 0. The van der Waals surface area contributed by atoms with Crippen molar-refractivity contribution < 1.29 is 5.11 Å². The zero-order valence-corrected chi connectivity index (χ0v) is 7.46. The second kappa shape index (κ2) is 3.91. The summed E-state index contributed by atoms with van der Waals surface area (Å²) in [6, 6.07) is 0. The zero-order chi connectivity index (χ0) is 8.27. The Kier molecular flexibility index (Phi) is 3.13. The van der Waals surface area contributed by atoms with Gasteiger partial charge in [-0.05, 0) is 31.1 Å². The Morgan fingerprint density at radius 2 is 2.09 bits per heavy atom. The smallest absolute Gasteiger partial charge is 0.0594 e. The van der Waals surface area contributed by atoms with E-state index in [0.717, 1.165) is 19.3 Å². The predicted octanol–water partition coefficient (Wildman–Crippen LogP) is 2.36. The Balaban J connectivity index is 2.40. The number of aliphatic hydroxyl groups excluding tert-OH is 1. The van der Waals surface area contributed by atoms with Gasteiger partial charge in [-0.3, -0.25) is 0 Å². The predicted molar refractivity (Wildman–Crippen MR) is 47.3 cm³/mol. The summed E-state index contributed by atoms with van der Waals surface area (Å²) in [5.74, 6) is 0.923. The molecule has 1 nitrogen and oxygen atoms in total. The molecule has 1 aliphatic carbocycles. The van der Waals surface area contributed by atoms with Gasteiger partial charge in [-0.15, -0.1) is 0 Å². The number of rotatable bonds is 2. The summed E-state index contributed by atoms with van der Waals surface area (Å²) in [6.07, 6.45) is 7.69. The first kappa shape index (κ1) is 8.79. The molecule has 0 aromatic heterocycles. The molecular weight excluding hydrogens is 136 g/mol. The average Bonchev–Trinajstić information content (AvgIpc) is 2.05. The summed E-state index contributed by atoms with van der Waals surface area (Å²) in [5, 5.41) is 9.72. The van der Waals surface area contributed by atoms with Gasteiger partial charge in [-0.1, -0.05) is 26.0 Å². The minimum atomic E-state index is -0.0973. The first-order valence-electron chi connectivity index (χ1n) is 4.55. The van der Waals surface area contributed by atoms with Crippen LogP contribution < -0.4 is 0 Å². The third-order valence-electron chi connectivity index (χ3n) is 2.48. The second-order valence-electron chi connectivity index (χ2n) is 3.78. The molecule has 0 heterocycles. The van der Waals surface area contributed by atoms with Crippen LogP contribution in [0.5, 0.6) is 0 Å². The van der Waals surface area contributed by atoms with E-state index < -0.39 is 0 Å². The number of hydrogen-bond acceptors (Lipinski definition) is 1. The molecule has 0 spiro atoms. The molecule has 0 aromatic carbocycles. The van der Waals surface area contributed by atoms with Crippen molar-refractivity contribution in [1.82, 2.24) is 0 Å². The van der Waals surface area contributed by atoms with Gasteiger partial charge in [0.15, 0.2) is 0 Å². The molecule has 64 valence electrons. The maximum Gasteiger partial charge on any atom is 0.0594 e. The number of aliphatic hydroxyl groups is 1. The van der Waals surface area contributed by atoms with Crippen LogP contribution in [-0.4, -0.2) is 11.2 Å². The zero-order valence-electron chi connectivity index (χ0n) is 7.46. The molecule has 1 N–H and O–H groups in total. The minimum absolute atomic E-state index is 0.0973. The average molecular weight is 154 g/mol. The third-order valence-corrected chi connectivity index (χ3v) is 2.48. The SMILES string of the molecule is CC(C)[C@H](O)[C@@H]1CC=CCC1. The summed E-state index contributed by atoms with van der Waals surface area (Å²) >= 11 is 0. The Morgan fingerprint density at radius 1 is 1.36 bits per heavy atom. The van der Waals surface area contributed by atoms with Crippen molar-refractivity contribution in [2.75, 3.05) is 0 Å². The maximum absolute atomic E-state index is 9.72. The molecular formula is C10H18O. The van der Waals surface area contributed by atoms with Gasteiger partial charge in [0, 0.05) is 0 Å². The molecule has 0 bridgehead atoms. The quantitative estimate of drug-likeness (QED) is 0.605. The molecule has 1 aliphatic rings. The molecule has 0 unspecified atom stereocenters. The summed E-state index contributed by atoms with van der Waals surface area (Å²) in [5.41, 5.74) is 0. The monoisotopic (exact) mass is 154 g/mol. The van der Waals surface area contributed by atoms with Crippen molar-refractivity contribution in [2.45, 2.75) is 39.2 Å². The van der Waals surface area contributed by atoms with Gasteiger partial charge in [0.2, 0.25) is 0 Å². The van der Waals surface area contributed by atoms with Gasteiger partial charge in [0.25, 0.3) is 0 Å². The standard InChI is InChI=1S/C10H18O/c1-8(2)10(11)9-6-4-3-5-7-9/h3-4,8-11H,5-7H2,1-2H3/t9-,10+/m1/s1. The molecule has 2 atom stereocenters. The normalized spacial score (nSPS) is 27.5. The number of allylic oxidation sites excluding steroid dienone is 2. The lowest BCUT2D eigenvalue weighted by atomic mass is 9.84. The largest absolute Gasteiger partial charge is 0.393 e. The van der Waals surface area contributed by atoms with Gasteiger partial charge in [0.05, 0.1) is 6.10 Å². The lowest BCUT2D eigenvalue weighted by Crippen LogP contribution is -2.26. The van der Waals surface area contributed by atoms with Crippen LogP contribution in [0.1, 0.15) is 33.1 Å². The van der Waals surface area contributed by atoms with Gasteiger partial charge in [-0.25, -0.2) is 0 Å². The van der Waals surface area contributed by atoms with Crippen LogP contribution in [0.4, 0.5) is 0 Å². The van der Waals surface area contributed by atoms with E-state index in [1.165, 1.54) is 0 Å². The fraction of sp³-hybridized carbons (Fsp3) is 0.800. The first-order valence-corrected chi connectivity index (χ1v) is 4.55. The molecule has 1 rings (SSSR count). The van der Waals surface area contributed by atoms with Crippen molar-refractivity contribution in [2.24, 2.45) is 11.8 Å². The van der Waals surface area contributed by atoms with Crippen LogP contribution in [0.25, 0.3) is 0 Å². The molecule has 0 saturated heterocycles. The van der Waals surface area contributed by atoms with Crippen molar-refractivity contribution >= 4 is 0 Å². The van der Waals surface area contributed by atoms with Crippen molar-refractivity contribution in [3.63, 3.8) is 0 Å². The fourth-order valence-corrected chi connectivity index (χ4v) is 1.67. The van der Waals surface area contributed by atoms with Crippen molar-refractivity contribution in [1.29, 1.82) is 0 Å². The summed E-state index contributed by atoms with van der Waals surface area (Å²) in [6.45, 7) is 4.17. The van der Waals surface area contributed by atoms with Crippen LogP contribution in [0.2, 0.25) is 0 Å².